The summed E-state index contributed by atoms with van der Waals surface area (Å²) < 4.78 is 3.78. The van der Waals surface area contributed by atoms with Gasteiger partial charge < -0.3 is 9.72 Å². The van der Waals surface area contributed by atoms with Gasteiger partial charge in [0.1, 0.15) is 5.69 Å². The maximum atomic E-state index is 12.4. The topological polar surface area (TPSA) is 51.3 Å². The number of hydrogen-bond donors (Lipinski definition) is 1. The molecule has 0 radical (unpaired) electrons. The summed E-state index contributed by atoms with van der Waals surface area (Å²) in [4.78, 5) is 12.4. The summed E-state index contributed by atoms with van der Waals surface area (Å²) in [6.45, 7) is 0. The van der Waals surface area contributed by atoms with E-state index >= 15 is 0 Å². The van der Waals surface area contributed by atoms with Gasteiger partial charge in [0.05, 0.1) is 16.8 Å². The number of aromatic nitrogens is 3. The average molecular weight is 280 g/mol. The summed E-state index contributed by atoms with van der Waals surface area (Å²) in [6.07, 6.45) is 6.05. The summed E-state index contributed by atoms with van der Waals surface area (Å²) >= 11 is 0. The van der Waals surface area contributed by atoms with Gasteiger partial charge in [-0.05, 0) is 37.1 Å². The molecule has 1 fully saturated rings. The van der Waals surface area contributed by atoms with Crippen molar-refractivity contribution in [1.82, 2.24) is 19.5 Å². The lowest BCUT2D eigenvalue weighted by Gasteiger charge is -2.02. The van der Waals surface area contributed by atoms with Crippen molar-refractivity contribution in [2.75, 3.05) is 0 Å². The van der Waals surface area contributed by atoms with Crippen LogP contribution in [0.1, 0.15) is 23.2 Å². The third-order valence-corrected chi connectivity index (χ3v) is 3.81. The molecule has 4 rings (SSSR count). The van der Waals surface area contributed by atoms with Crippen molar-refractivity contribution < 1.29 is 4.79 Å². The Balaban J connectivity index is 1.85. The monoisotopic (exact) mass is 280 g/mol. The van der Waals surface area contributed by atoms with E-state index < -0.39 is 0 Å². The lowest BCUT2D eigenvalue weighted by atomic mass is 10.2. The Morgan fingerprint density at radius 3 is 2.86 bits per heavy atom. The SMILES string of the molecule is Cn1ccc(-c2cc(C(=O)NC3CC3)c3ccccn23)n1. The van der Waals surface area contributed by atoms with Crippen molar-refractivity contribution in [3.8, 4) is 11.4 Å². The molecule has 1 aliphatic carbocycles. The number of rotatable bonds is 3. The molecule has 0 spiro atoms. The van der Waals surface area contributed by atoms with E-state index in [1.54, 1.807) is 4.68 Å². The first kappa shape index (κ1) is 12.2. The van der Waals surface area contributed by atoms with Gasteiger partial charge in [-0.2, -0.15) is 5.10 Å². The van der Waals surface area contributed by atoms with Crippen molar-refractivity contribution >= 4 is 11.4 Å². The predicted molar refractivity (Wildman–Crippen MR) is 80.1 cm³/mol. The van der Waals surface area contributed by atoms with Gasteiger partial charge in [0, 0.05) is 25.5 Å². The van der Waals surface area contributed by atoms with Gasteiger partial charge in [0.25, 0.3) is 5.91 Å². The lowest BCUT2D eigenvalue weighted by Crippen LogP contribution is -2.25. The highest BCUT2D eigenvalue weighted by Gasteiger charge is 2.25. The Bertz CT molecular complexity index is 826. The molecule has 0 saturated heterocycles. The fourth-order valence-electron chi connectivity index (χ4n) is 2.57. The molecule has 1 saturated carbocycles. The molecule has 5 nitrogen and oxygen atoms in total. The van der Waals surface area contributed by atoms with Crippen LogP contribution in [0.3, 0.4) is 0 Å². The van der Waals surface area contributed by atoms with E-state index in [0.29, 0.717) is 11.6 Å². The number of aryl methyl sites for hydroxylation is 1. The highest BCUT2D eigenvalue weighted by molar-refractivity contribution is 6.03. The normalized spacial score (nSPS) is 14.5. The van der Waals surface area contributed by atoms with Crippen LogP contribution >= 0.6 is 0 Å². The van der Waals surface area contributed by atoms with Crippen LogP contribution in [0, 0.1) is 0 Å². The fraction of sp³-hybridized carbons (Fsp3) is 0.250. The van der Waals surface area contributed by atoms with E-state index in [9.17, 15) is 4.79 Å². The summed E-state index contributed by atoms with van der Waals surface area (Å²) in [5.41, 5.74) is 3.43. The second kappa shape index (κ2) is 4.48. The molecule has 21 heavy (non-hydrogen) atoms. The standard InChI is InChI=1S/C16H16N4O/c1-19-9-7-13(18-19)15-10-12(16(21)17-11-5-6-11)14-4-2-3-8-20(14)15/h2-4,7-11H,5-6H2,1H3,(H,17,21). The van der Waals surface area contributed by atoms with Crippen LogP contribution in [0.25, 0.3) is 16.9 Å². The van der Waals surface area contributed by atoms with Gasteiger partial charge in [-0.1, -0.05) is 6.07 Å². The van der Waals surface area contributed by atoms with Crippen molar-refractivity contribution in [1.29, 1.82) is 0 Å². The van der Waals surface area contributed by atoms with Gasteiger partial charge in [-0.15, -0.1) is 0 Å². The number of hydrogen-bond acceptors (Lipinski definition) is 2. The van der Waals surface area contributed by atoms with Crippen LogP contribution in [-0.4, -0.2) is 26.1 Å². The Hall–Kier alpha value is -2.56. The molecular formula is C16H16N4O. The minimum atomic E-state index is 0.00313. The van der Waals surface area contributed by atoms with Crippen LogP contribution in [-0.2, 0) is 7.05 Å². The molecule has 0 aliphatic heterocycles. The lowest BCUT2D eigenvalue weighted by molar-refractivity contribution is 0.0953. The second-order valence-electron chi connectivity index (χ2n) is 5.52. The van der Waals surface area contributed by atoms with Gasteiger partial charge in [0.15, 0.2) is 0 Å². The van der Waals surface area contributed by atoms with E-state index in [2.05, 4.69) is 10.4 Å². The highest BCUT2D eigenvalue weighted by atomic mass is 16.1. The van der Waals surface area contributed by atoms with E-state index in [1.165, 1.54) is 0 Å². The molecular weight excluding hydrogens is 264 g/mol. The van der Waals surface area contributed by atoms with Crippen molar-refractivity contribution in [3.05, 3.63) is 48.3 Å². The van der Waals surface area contributed by atoms with Crippen LogP contribution in [0.5, 0.6) is 0 Å². The number of nitrogens with zero attached hydrogens (tertiary/aromatic N) is 3. The van der Waals surface area contributed by atoms with E-state index in [0.717, 1.165) is 29.7 Å². The number of fused-ring (bicyclic) bond motifs is 1. The molecule has 3 aromatic heterocycles. The summed E-state index contributed by atoms with van der Waals surface area (Å²) in [7, 11) is 1.89. The van der Waals surface area contributed by atoms with Crippen molar-refractivity contribution in [2.45, 2.75) is 18.9 Å². The quantitative estimate of drug-likeness (QED) is 0.800. The van der Waals surface area contributed by atoms with Crippen LogP contribution in [0.15, 0.2) is 42.7 Å². The van der Waals surface area contributed by atoms with Gasteiger partial charge in [-0.25, -0.2) is 0 Å². The highest BCUT2D eigenvalue weighted by Crippen LogP contribution is 2.26. The molecule has 0 unspecified atom stereocenters. The zero-order valence-corrected chi connectivity index (χ0v) is 11.8. The first-order valence-electron chi connectivity index (χ1n) is 7.13. The number of carbonyl (C=O) groups is 1. The minimum Gasteiger partial charge on any atom is -0.349 e. The number of amides is 1. The zero-order valence-electron chi connectivity index (χ0n) is 11.8. The molecule has 3 aromatic rings. The zero-order chi connectivity index (χ0) is 14.4. The number of pyridine rings is 1. The Morgan fingerprint density at radius 1 is 1.29 bits per heavy atom. The molecule has 1 aliphatic rings. The maximum absolute atomic E-state index is 12.4. The Kier molecular flexibility index (Phi) is 2.60. The summed E-state index contributed by atoms with van der Waals surface area (Å²) in [5, 5.41) is 7.50. The number of carbonyl (C=O) groups excluding carboxylic acids is 1. The smallest absolute Gasteiger partial charge is 0.253 e. The molecule has 1 amide bonds. The molecule has 5 heteroatoms. The minimum absolute atomic E-state index is 0.00313. The number of nitrogens with one attached hydrogen (secondary N) is 1. The van der Waals surface area contributed by atoms with E-state index in [-0.39, 0.29) is 5.91 Å². The summed E-state index contributed by atoms with van der Waals surface area (Å²) in [5.74, 6) is 0.00313. The first-order chi connectivity index (χ1) is 10.2. The second-order valence-corrected chi connectivity index (χ2v) is 5.52. The third-order valence-electron chi connectivity index (χ3n) is 3.81. The molecule has 106 valence electrons. The van der Waals surface area contributed by atoms with Crippen molar-refractivity contribution in [3.63, 3.8) is 0 Å². The van der Waals surface area contributed by atoms with E-state index in [4.69, 9.17) is 0 Å². The molecule has 0 atom stereocenters. The van der Waals surface area contributed by atoms with Crippen LogP contribution in [0.4, 0.5) is 0 Å². The molecule has 0 aromatic carbocycles. The Morgan fingerprint density at radius 2 is 2.14 bits per heavy atom. The van der Waals surface area contributed by atoms with Crippen molar-refractivity contribution in [2.24, 2.45) is 7.05 Å². The molecule has 1 N–H and O–H groups in total. The summed E-state index contributed by atoms with van der Waals surface area (Å²) in [6, 6.07) is 10.1. The maximum Gasteiger partial charge on any atom is 0.253 e. The van der Waals surface area contributed by atoms with Gasteiger partial charge >= 0.3 is 0 Å². The molecule has 0 bridgehead atoms. The predicted octanol–water partition coefficient (Wildman–Crippen LogP) is 2.23. The van der Waals surface area contributed by atoms with Gasteiger partial charge in [-0.3, -0.25) is 9.48 Å². The van der Waals surface area contributed by atoms with E-state index in [1.807, 2.05) is 54.2 Å². The average Bonchev–Trinajstić information content (AvgIpc) is 3.06. The first-order valence-corrected chi connectivity index (χ1v) is 7.13. The van der Waals surface area contributed by atoms with Crippen LogP contribution < -0.4 is 5.32 Å². The largest absolute Gasteiger partial charge is 0.349 e. The molecule has 3 heterocycles. The third kappa shape index (κ3) is 2.11. The fourth-order valence-corrected chi connectivity index (χ4v) is 2.57. The Labute approximate surface area is 122 Å². The van der Waals surface area contributed by atoms with Crippen LogP contribution in [0.2, 0.25) is 0 Å². The van der Waals surface area contributed by atoms with Gasteiger partial charge in [0.2, 0.25) is 0 Å².